The molecule has 0 unspecified atom stereocenters. The Morgan fingerprint density at radius 3 is 2.57 bits per heavy atom. The molecule has 0 spiro atoms. The van der Waals surface area contributed by atoms with E-state index in [1.54, 1.807) is 0 Å². The maximum Gasteiger partial charge on any atom is 0.166 e. The molecule has 0 heterocycles. The lowest BCUT2D eigenvalue weighted by molar-refractivity contribution is 0.421. The lowest BCUT2D eigenvalue weighted by Crippen LogP contribution is -2.21. The highest BCUT2D eigenvalue weighted by molar-refractivity contribution is 6.30. The minimum absolute atomic E-state index is 0. The van der Waals surface area contributed by atoms with Crippen molar-refractivity contribution in [1.82, 2.24) is 0 Å². The van der Waals surface area contributed by atoms with Crippen LogP contribution >= 0.6 is 24.0 Å². The van der Waals surface area contributed by atoms with Gasteiger partial charge in [-0.05, 0) is 12.1 Å². The van der Waals surface area contributed by atoms with Crippen LogP contribution in [0.5, 0.6) is 5.75 Å². The van der Waals surface area contributed by atoms with E-state index >= 15 is 0 Å². The first kappa shape index (κ1) is 13.4. The third kappa shape index (κ3) is 2.72. The molecule has 80 valence electrons. The Bertz CT molecular complexity index is 322. The van der Waals surface area contributed by atoms with Crippen LogP contribution in [0, 0.1) is 5.82 Å². The molecule has 14 heavy (non-hydrogen) atoms. The summed E-state index contributed by atoms with van der Waals surface area (Å²) in [5.74, 6) is -1.27. The van der Waals surface area contributed by atoms with Gasteiger partial charge < -0.3 is 16.6 Å². The summed E-state index contributed by atoms with van der Waals surface area (Å²) >= 11 is 5.58. The Kier molecular flexibility index (Phi) is 5.15. The summed E-state index contributed by atoms with van der Waals surface area (Å²) in [5.41, 5.74) is 11.0. The number of hydrogen-bond donors (Lipinski definition) is 3. The SMILES string of the molecule is Cl.NC[C@H](N)c1cc(Cl)cc(F)c1O. The van der Waals surface area contributed by atoms with E-state index in [-0.39, 0.29) is 29.5 Å². The summed E-state index contributed by atoms with van der Waals surface area (Å²) in [6.45, 7) is 0.118. The molecular weight excluding hydrogens is 230 g/mol. The molecule has 0 saturated carbocycles. The van der Waals surface area contributed by atoms with Crippen molar-refractivity contribution in [2.45, 2.75) is 6.04 Å². The van der Waals surface area contributed by atoms with Crippen LogP contribution in [-0.4, -0.2) is 11.7 Å². The van der Waals surface area contributed by atoms with Crippen molar-refractivity contribution in [3.8, 4) is 5.75 Å². The van der Waals surface area contributed by atoms with Crippen LogP contribution in [0.1, 0.15) is 11.6 Å². The zero-order chi connectivity index (χ0) is 10.0. The smallest absolute Gasteiger partial charge is 0.166 e. The van der Waals surface area contributed by atoms with Gasteiger partial charge in [0.25, 0.3) is 0 Å². The maximum atomic E-state index is 12.9. The van der Waals surface area contributed by atoms with Crippen molar-refractivity contribution in [1.29, 1.82) is 0 Å². The Morgan fingerprint density at radius 2 is 2.07 bits per heavy atom. The van der Waals surface area contributed by atoms with Crippen LogP contribution in [0.2, 0.25) is 5.02 Å². The number of benzene rings is 1. The monoisotopic (exact) mass is 240 g/mol. The Labute approximate surface area is 92.3 Å². The molecule has 0 radical (unpaired) electrons. The molecule has 1 rings (SSSR count). The molecule has 0 fully saturated rings. The summed E-state index contributed by atoms with van der Waals surface area (Å²) in [4.78, 5) is 0. The zero-order valence-electron chi connectivity index (χ0n) is 7.21. The molecular formula is C8H11Cl2FN2O. The van der Waals surface area contributed by atoms with Crippen molar-refractivity contribution >= 4 is 24.0 Å². The standard InChI is InChI=1S/C8H10ClFN2O.ClH/c9-4-1-5(7(12)3-11)8(13)6(10)2-4;/h1-2,7,13H,3,11-12H2;1H/t7-;/m0./s1. The van der Waals surface area contributed by atoms with Crippen molar-refractivity contribution in [2.75, 3.05) is 6.54 Å². The Morgan fingerprint density at radius 1 is 1.50 bits per heavy atom. The van der Waals surface area contributed by atoms with Gasteiger partial charge in [0.1, 0.15) is 0 Å². The molecule has 0 saturated heterocycles. The number of nitrogens with two attached hydrogens (primary N) is 2. The third-order valence-corrected chi connectivity index (χ3v) is 1.93. The number of aromatic hydroxyl groups is 1. The van der Waals surface area contributed by atoms with Crippen molar-refractivity contribution in [3.63, 3.8) is 0 Å². The molecule has 6 heteroatoms. The fourth-order valence-corrected chi connectivity index (χ4v) is 1.21. The van der Waals surface area contributed by atoms with Crippen LogP contribution in [0.3, 0.4) is 0 Å². The highest BCUT2D eigenvalue weighted by atomic mass is 35.5. The predicted octanol–water partition coefficient (Wildman–Crippen LogP) is 1.56. The molecule has 5 N–H and O–H groups in total. The minimum Gasteiger partial charge on any atom is -0.505 e. The number of halogens is 3. The van der Waals surface area contributed by atoms with Crippen LogP contribution in [0.4, 0.5) is 4.39 Å². The Hall–Kier alpha value is -0.550. The van der Waals surface area contributed by atoms with Crippen molar-refractivity contribution in [3.05, 3.63) is 28.5 Å². The van der Waals surface area contributed by atoms with Crippen LogP contribution in [0.25, 0.3) is 0 Å². The lowest BCUT2D eigenvalue weighted by Gasteiger charge is -2.11. The van der Waals surface area contributed by atoms with Gasteiger partial charge >= 0.3 is 0 Å². The summed E-state index contributed by atoms with van der Waals surface area (Å²) in [6, 6.07) is 1.81. The summed E-state index contributed by atoms with van der Waals surface area (Å²) in [6.07, 6.45) is 0. The summed E-state index contributed by atoms with van der Waals surface area (Å²) < 4.78 is 12.9. The van der Waals surface area contributed by atoms with Gasteiger partial charge in [-0.25, -0.2) is 4.39 Å². The first-order valence-electron chi connectivity index (χ1n) is 3.69. The Balaban J connectivity index is 0.00000169. The second-order valence-corrected chi connectivity index (χ2v) is 3.10. The van der Waals surface area contributed by atoms with Gasteiger partial charge in [-0.2, -0.15) is 0 Å². The van der Waals surface area contributed by atoms with Gasteiger partial charge in [-0.1, -0.05) is 11.6 Å². The number of hydrogen-bond acceptors (Lipinski definition) is 3. The molecule has 1 aromatic rings. The van der Waals surface area contributed by atoms with Gasteiger partial charge in [0.2, 0.25) is 0 Å². The number of rotatable bonds is 2. The van der Waals surface area contributed by atoms with Crippen molar-refractivity contribution in [2.24, 2.45) is 11.5 Å². The van der Waals surface area contributed by atoms with E-state index in [9.17, 15) is 9.50 Å². The predicted molar refractivity (Wildman–Crippen MR) is 56.3 cm³/mol. The van der Waals surface area contributed by atoms with Gasteiger partial charge in [0.15, 0.2) is 11.6 Å². The average Bonchev–Trinajstić information content (AvgIpc) is 2.10. The second-order valence-electron chi connectivity index (χ2n) is 2.67. The van der Waals surface area contributed by atoms with E-state index < -0.39 is 17.6 Å². The summed E-state index contributed by atoms with van der Waals surface area (Å²) in [5, 5.41) is 9.44. The minimum atomic E-state index is -0.786. The van der Waals surface area contributed by atoms with Crippen LogP contribution in [0.15, 0.2) is 12.1 Å². The largest absolute Gasteiger partial charge is 0.505 e. The fraction of sp³-hybridized carbons (Fsp3) is 0.250. The van der Waals surface area contributed by atoms with Gasteiger partial charge in [-0.3, -0.25) is 0 Å². The molecule has 1 aromatic carbocycles. The average molecular weight is 241 g/mol. The molecule has 0 bridgehead atoms. The van der Waals surface area contributed by atoms with Gasteiger partial charge in [0, 0.05) is 23.2 Å². The van der Waals surface area contributed by atoms with E-state index in [0.717, 1.165) is 6.07 Å². The number of phenols is 1. The van der Waals surface area contributed by atoms with E-state index in [2.05, 4.69) is 0 Å². The molecule has 0 amide bonds. The second kappa shape index (κ2) is 5.36. The van der Waals surface area contributed by atoms with E-state index in [0.29, 0.717) is 0 Å². The topological polar surface area (TPSA) is 72.3 Å². The highest BCUT2D eigenvalue weighted by Crippen LogP contribution is 2.28. The molecule has 3 nitrogen and oxygen atoms in total. The first-order chi connectivity index (χ1) is 6.06. The highest BCUT2D eigenvalue weighted by Gasteiger charge is 2.14. The fourth-order valence-electron chi connectivity index (χ4n) is 0.996. The molecule has 0 aliphatic heterocycles. The first-order valence-corrected chi connectivity index (χ1v) is 4.07. The van der Waals surface area contributed by atoms with Gasteiger partial charge in [-0.15, -0.1) is 12.4 Å². The third-order valence-electron chi connectivity index (χ3n) is 1.71. The number of phenolic OH excluding ortho intramolecular Hbond substituents is 1. The lowest BCUT2D eigenvalue weighted by atomic mass is 10.1. The zero-order valence-corrected chi connectivity index (χ0v) is 8.78. The van der Waals surface area contributed by atoms with E-state index in [1.807, 2.05) is 0 Å². The molecule has 0 aromatic heterocycles. The summed E-state index contributed by atoms with van der Waals surface area (Å²) in [7, 11) is 0. The normalized spacial score (nSPS) is 12.0. The maximum absolute atomic E-state index is 12.9. The van der Waals surface area contributed by atoms with Crippen molar-refractivity contribution < 1.29 is 9.50 Å². The van der Waals surface area contributed by atoms with Crippen LogP contribution < -0.4 is 11.5 Å². The quantitative estimate of drug-likeness (QED) is 0.735. The van der Waals surface area contributed by atoms with E-state index in [4.69, 9.17) is 23.1 Å². The van der Waals surface area contributed by atoms with E-state index in [1.165, 1.54) is 6.07 Å². The molecule has 0 aliphatic rings. The van der Waals surface area contributed by atoms with Crippen LogP contribution in [-0.2, 0) is 0 Å². The molecule has 1 atom stereocenters. The van der Waals surface area contributed by atoms with Gasteiger partial charge in [0.05, 0.1) is 0 Å². The molecule has 0 aliphatic carbocycles.